The standard InChI is InChI=1S/C14H22O6/c1-9(13(17)18)7-11(15)5-3-4-6-12(16)8-10(2)14(19)20/h7-8,11-12,15-16H,3-6H2,1-2H3,(H,17,18)(H,19,20). The summed E-state index contributed by atoms with van der Waals surface area (Å²) in [5.74, 6) is -2.12. The Morgan fingerprint density at radius 3 is 1.40 bits per heavy atom. The van der Waals surface area contributed by atoms with Crippen LogP contribution in [0.2, 0.25) is 0 Å². The number of rotatable bonds is 9. The molecular formula is C14H22O6. The smallest absolute Gasteiger partial charge is 0.331 e. The maximum atomic E-state index is 10.5. The molecule has 0 spiro atoms. The van der Waals surface area contributed by atoms with Crippen molar-refractivity contribution in [2.24, 2.45) is 0 Å². The van der Waals surface area contributed by atoms with E-state index in [0.717, 1.165) is 0 Å². The Labute approximate surface area is 118 Å². The molecule has 0 aliphatic carbocycles. The summed E-state index contributed by atoms with van der Waals surface area (Å²) in [4.78, 5) is 21.1. The van der Waals surface area contributed by atoms with Gasteiger partial charge in [-0.05, 0) is 38.8 Å². The van der Waals surface area contributed by atoms with E-state index < -0.39 is 24.1 Å². The molecule has 0 aliphatic heterocycles. The van der Waals surface area contributed by atoms with Crippen LogP contribution in [0.5, 0.6) is 0 Å². The molecule has 0 heterocycles. The van der Waals surface area contributed by atoms with E-state index in [1.54, 1.807) is 0 Å². The molecule has 2 atom stereocenters. The van der Waals surface area contributed by atoms with Crippen molar-refractivity contribution < 1.29 is 30.0 Å². The predicted octanol–water partition coefficient (Wildman–Crippen LogP) is 1.33. The van der Waals surface area contributed by atoms with Crippen LogP contribution in [0.15, 0.2) is 23.3 Å². The van der Waals surface area contributed by atoms with Gasteiger partial charge in [-0.15, -0.1) is 0 Å². The average Bonchev–Trinajstić information content (AvgIpc) is 2.34. The van der Waals surface area contributed by atoms with Gasteiger partial charge in [-0.2, -0.15) is 0 Å². The van der Waals surface area contributed by atoms with E-state index in [1.165, 1.54) is 26.0 Å². The second kappa shape index (κ2) is 9.28. The van der Waals surface area contributed by atoms with Crippen LogP contribution in [0.25, 0.3) is 0 Å². The quantitative estimate of drug-likeness (QED) is 0.375. The molecule has 2 unspecified atom stereocenters. The molecule has 0 aromatic heterocycles. The lowest BCUT2D eigenvalue weighted by Crippen LogP contribution is -2.09. The molecule has 0 aromatic rings. The van der Waals surface area contributed by atoms with Gasteiger partial charge < -0.3 is 20.4 Å². The minimum atomic E-state index is -1.06. The fourth-order valence-electron chi connectivity index (χ4n) is 1.59. The SMILES string of the molecule is CC(=CC(O)CCCCC(O)C=C(C)C(=O)O)C(=O)O. The lowest BCUT2D eigenvalue weighted by molar-refractivity contribution is -0.133. The summed E-state index contributed by atoms with van der Waals surface area (Å²) in [7, 11) is 0. The van der Waals surface area contributed by atoms with Crippen molar-refractivity contribution in [3.05, 3.63) is 23.3 Å². The summed E-state index contributed by atoms with van der Waals surface area (Å²) in [5, 5.41) is 36.4. The number of aliphatic hydroxyl groups excluding tert-OH is 2. The summed E-state index contributed by atoms with van der Waals surface area (Å²) >= 11 is 0. The van der Waals surface area contributed by atoms with Gasteiger partial charge in [0.25, 0.3) is 0 Å². The van der Waals surface area contributed by atoms with Crippen LogP contribution in [0, 0.1) is 0 Å². The summed E-state index contributed by atoms with van der Waals surface area (Å²) < 4.78 is 0. The van der Waals surface area contributed by atoms with Crippen LogP contribution >= 0.6 is 0 Å². The third-order valence-corrected chi connectivity index (χ3v) is 2.81. The first-order valence-electron chi connectivity index (χ1n) is 6.43. The van der Waals surface area contributed by atoms with Crippen molar-refractivity contribution in [3.63, 3.8) is 0 Å². The Kier molecular flexibility index (Phi) is 8.51. The van der Waals surface area contributed by atoms with Gasteiger partial charge >= 0.3 is 11.9 Å². The molecule has 0 amide bonds. The molecule has 0 saturated carbocycles. The average molecular weight is 286 g/mol. The lowest BCUT2D eigenvalue weighted by Gasteiger charge is -2.08. The van der Waals surface area contributed by atoms with E-state index in [4.69, 9.17) is 10.2 Å². The first kappa shape index (κ1) is 18.3. The van der Waals surface area contributed by atoms with Crippen LogP contribution in [0.1, 0.15) is 39.5 Å². The first-order valence-corrected chi connectivity index (χ1v) is 6.43. The molecule has 0 saturated heterocycles. The van der Waals surface area contributed by atoms with Crippen LogP contribution < -0.4 is 0 Å². The fraction of sp³-hybridized carbons (Fsp3) is 0.571. The van der Waals surface area contributed by atoms with E-state index in [9.17, 15) is 19.8 Å². The summed E-state index contributed by atoms with van der Waals surface area (Å²) in [6.45, 7) is 2.82. The first-order chi connectivity index (χ1) is 9.23. The van der Waals surface area contributed by atoms with Crippen LogP contribution in [-0.2, 0) is 9.59 Å². The van der Waals surface area contributed by atoms with Gasteiger partial charge in [0, 0.05) is 11.1 Å². The number of aliphatic carboxylic acids is 2. The van der Waals surface area contributed by atoms with E-state index in [-0.39, 0.29) is 11.1 Å². The number of hydrogen-bond acceptors (Lipinski definition) is 4. The van der Waals surface area contributed by atoms with Gasteiger partial charge in [0.15, 0.2) is 0 Å². The Bertz CT molecular complexity index is 358. The molecule has 0 rings (SSSR count). The Hall–Kier alpha value is -1.66. The fourth-order valence-corrected chi connectivity index (χ4v) is 1.59. The molecule has 6 heteroatoms. The summed E-state index contributed by atoms with van der Waals surface area (Å²) in [6, 6.07) is 0. The van der Waals surface area contributed by atoms with Crippen molar-refractivity contribution in [2.45, 2.75) is 51.7 Å². The molecule has 114 valence electrons. The maximum Gasteiger partial charge on any atom is 0.331 e. The van der Waals surface area contributed by atoms with Gasteiger partial charge in [-0.25, -0.2) is 9.59 Å². The van der Waals surface area contributed by atoms with Gasteiger partial charge in [-0.3, -0.25) is 0 Å². The minimum Gasteiger partial charge on any atom is -0.478 e. The third-order valence-electron chi connectivity index (χ3n) is 2.81. The van der Waals surface area contributed by atoms with Gasteiger partial charge in [0.2, 0.25) is 0 Å². The van der Waals surface area contributed by atoms with E-state index >= 15 is 0 Å². The topological polar surface area (TPSA) is 115 Å². The predicted molar refractivity (Wildman–Crippen MR) is 73.3 cm³/mol. The monoisotopic (exact) mass is 286 g/mol. The maximum absolute atomic E-state index is 10.5. The molecule has 0 aliphatic rings. The highest BCUT2D eigenvalue weighted by atomic mass is 16.4. The van der Waals surface area contributed by atoms with Crippen molar-refractivity contribution >= 4 is 11.9 Å². The Morgan fingerprint density at radius 2 is 1.15 bits per heavy atom. The van der Waals surface area contributed by atoms with Crippen molar-refractivity contribution in [1.29, 1.82) is 0 Å². The van der Waals surface area contributed by atoms with E-state index in [0.29, 0.717) is 25.7 Å². The Morgan fingerprint density at radius 1 is 0.850 bits per heavy atom. The highest BCUT2D eigenvalue weighted by Gasteiger charge is 2.08. The number of carboxylic acid groups (broad SMARTS) is 2. The van der Waals surface area contributed by atoms with Crippen molar-refractivity contribution in [1.82, 2.24) is 0 Å². The highest BCUT2D eigenvalue weighted by molar-refractivity contribution is 5.86. The molecular weight excluding hydrogens is 264 g/mol. The molecule has 0 fully saturated rings. The normalized spacial score (nSPS) is 15.8. The van der Waals surface area contributed by atoms with Crippen LogP contribution in [0.3, 0.4) is 0 Å². The number of carboxylic acids is 2. The van der Waals surface area contributed by atoms with Crippen LogP contribution in [0.4, 0.5) is 0 Å². The number of hydrogen-bond donors (Lipinski definition) is 4. The number of unbranched alkanes of at least 4 members (excludes halogenated alkanes) is 1. The zero-order valence-corrected chi connectivity index (χ0v) is 11.7. The molecule has 4 N–H and O–H groups in total. The van der Waals surface area contributed by atoms with Crippen molar-refractivity contribution in [2.75, 3.05) is 0 Å². The number of aliphatic hydroxyl groups is 2. The Balaban J connectivity index is 3.98. The van der Waals surface area contributed by atoms with E-state index in [2.05, 4.69) is 0 Å². The van der Waals surface area contributed by atoms with Gasteiger partial charge in [-0.1, -0.05) is 12.8 Å². The second-order valence-corrected chi connectivity index (χ2v) is 4.73. The summed E-state index contributed by atoms with van der Waals surface area (Å²) in [6.07, 6.45) is 2.96. The van der Waals surface area contributed by atoms with Crippen molar-refractivity contribution in [3.8, 4) is 0 Å². The van der Waals surface area contributed by atoms with Crippen LogP contribution in [-0.4, -0.2) is 44.6 Å². The second-order valence-electron chi connectivity index (χ2n) is 4.73. The molecule has 0 bridgehead atoms. The largest absolute Gasteiger partial charge is 0.478 e. The third kappa shape index (κ3) is 8.44. The molecule has 0 radical (unpaired) electrons. The minimum absolute atomic E-state index is 0.0950. The zero-order chi connectivity index (χ0) is 15.7. The van der Waals surface area contributed by atoms with E-state index in [1.807, 2.05) is 0 Å². The highest BCUT2D eigenvalue weighted by Crippen LogP contribution is 2.10. The van der Waals surface area contributed by atoms with Gasteiger partial charge in [0.05, 0.1) is 12.2 Å². The number of carbonyl (C=O) groups is 2. The molecule has 20 heavy (non-hydrogen) atoms. The molecule has 6 nitrogen and oxygen atoms in total. The lowest BCUT2D eigenvalue weighted by atomic mass is 10.0. The van der Waals surface area contributed by atoms with Gasteiger partial charge in [0.1, 0.15) is 0 Å². The summed E-state index contributed by atoms with van der Waals surface area (Å²) in [5.41, 5.74) is 0.190. The molecule has 0 aromatic carbocycles. The zero-order valence-electron chi connectivity index (χ0n) is 11.7.